The van der Waals surface area contributed by atoms with Crippen molar-refractivity contribution in [2.45, 2.75) is 19.4 Å². The largest absolute Gasteiger partial charge is 0.399 e. The van der Waals surface area contributed by atoms with Crippen molar-refractivity contribution in [1.29, 1.82) is 0 Å². The predicted molar refractivity (Wildman–Crippen MR) is 68.0 cm³/mol. The molecule has 1 aliphatic heterocycles. The summed E-state index contributed by atoms with van der Waals surface area (Å²) >= 11 is 0. The molecule has 1 amide bonds. The third kappa shape index (κ3) is 1.68. The highest BCUT2D eigenvalue weighted by Gasteiger charge is 2.60. The van der Waals surface area contributed by atoms with Gasteiger partial charge in [0, 0.05) is 6.54 Å². The maximum Gasteiger partial charge on any atom is 0.235 e. The number of amides is 1. The van der Waals surface area contributed by atoms with Gasteiger partial charge in [0.1, 0.15) is 7.11 Å². The van der Waals surface area contributed by atoms with Crippen molar-refractivity contribution in [2.75, 3.05) is 13.7 Å². The zero-order chi connectivity index (χ0) is 12.6. The monoisotopic (exact) mass is 244 g/mol. The van der Waals surface area contributed by atoms with Crippen LogP contribution in [0.1, 0.15) is 18.4 Å². The van der Waals surface area contributed by atoms with Crippen LogP contribution in [0.4, 0.5) is 0 Å². The van der Waals surface area contributed by atoms with Crippen molar-refractivity contribution in [3.05, 3.63) is 35.9 Å². The minimum Gasteiger partial charge on any atom is -0.399 e. The minimum atomic E-state index is -0.315. The second-order valence-electron chi connectivity index (χ2n) is 4.95. The number of benzene rings is 1. The normalized spacial score (nSPS) is 22.8. The Balaban J connectivity index is 1.79. The molecule has 1 spiro atoms. The SMILES string of the molecule is CO/N=C1\CN(Cc2ccccc2)C(=O)C12CC2. The molecule has 1 aromatic carbocycles. The first-order valence-electron chi connectivity index (χ1n) is 6.20. The molecule has 0 unspecified atom stereocenters. The van der Waals surface area contributed by atoms with E-state index < -0.39 is 0 Å². The molecule has 94 valence electrons. The molecule has 0 radical (unpaired) electrons. The molecule has 0 aromatic heterocycles. The maximum absolute atomic E-state index is 12.4. The van der Waals surface area contributed by atoms with Crippen LogP contribution in [0.5, 0.6) is 0 Å². The highest BCUT2D eigenvalue weighted by Crippen LogP contribution is 2.52. The van der Waals surface area contributed by atoms with Crippen LogP contribution < -0.4 is 0 Å². The van der Waals surface area contributed by atoms with Gasteiger partial charge in [0.15, 0.2) is 0 Å². The minimum absolute atomic E-state index is 0.210. The van der Waals surface area contributed by atoms with Crippen LogP contribution in [-0.4, -0.2) is 30.2 Å². The number of rotatable bonds is 3. The number of carbonyl (C=O) groups is 1. The number of likely N-dealkylation sites (tertiary alicyclic amines) is 1. The van der Waals surface area contributed by atoms with Crippen LogP contribution in [0, 0.1) is 5.41 Å². The van der Waals surface area contributed by atoms with E-state index in [2.05, 4.69) is 5.16 Å². The Hall–Kier alpha value is -1.84. The average molecular weight is 244 g/mol. The van der Waals surface area contributed by atoms with Crippen molar-refractivity contribution < 1.29 is 9.63 Å². The molecule has 4 nitrogen and oxygen atoms in total. The molecule has 0 atom stereocenters. The van der Waals surface area contributed by atoms with Gasteiger partial charge in [0.05, 0.1) is 17.7 Å². The molecule has 0 bridgehead atoms. The van der Waals surface area contributed by atoms with Crippen LogP contribution in [0.15, 0.2) is 35.5 Å². The second-order valence-corrected chi connectivity index (χ2v) is 4.95. The van der Waals surface area contributed by atoms with Gasteiger partial charge in [-0.3, -0.25) is 4.79 Å². The number of hydrogen-bond donors (Lipinski definition) is 0. The maximum atomic E-state index is 12.4. The molecule has 4 heteroatoms. The van der Waals surface area contributed by atoms with Crippen LogP contribution in [0.2, 0.25) is 0 Å². The molecular formula is C14H16N2O2. The summed E-state index contributed by atoms with van der Waals surface area (Å²) in [5.41, 5.74) is 1.73. The van der Waals surface area contributed by atoms with Crippen molar-refractivity contribution in [3.8, 4) is 0 Å². The zero-order valence-electron chi connectivity index (χ0n) is 10.4. The van der Waals surface area contributed by atoms with Gasteiger partial charge in [0.25, 0.3) is 0 Å². The standard InChI is InChI=1S/C14H16N2O2/c1-18-15-12-10-16(13(17)14(12)7-8-14)9-11-5-3-2-4-6-11/h2-6H,7-10H2,1H3/b15-12+. The molecule has 18 heavy (non-hydrogen) atoms. The van der Waals surface area contributed by atoms with Gasteiger partial charge in [-0.25, -0.2) is 0 Å². The van der Waals surface area contributed by atoms with E-state index in [1.165, 1.54) is 7.11 Å². The Bertz CT molecular complexity index is 492. The molecule has 0 N–H and O–H groups in total. The van der Waals surface area contributed by atoms with E-state index in [4.69, 9.17) is 4.84 Å². The lowest BCUT2D eigenvalue weighted by molar-refractivity contribution is -0.132. The fourth-order valence-corrected chi connectivity index (χ4v) is 2.62. The summed E-state index contributed by atoms with van der Waals surface area (Å²) in [6, 6.07) is 10.0. The molecule has 3 rings (SSSR count). The highest BCUT2D eigenvalue weighted by atomic mass is 16.6. The molecule has 2 aliphatic rings. The van der Waals surface area contributed by atoms with E-state index in [1.807, 2.05) is 35.2 Å². The third-order valence-corrected chi connectivity index (χ3v) is 3.76. The topological polar surface area (TPSA) is 41.9 Å². The van der Waals surface area contributed by atoms with E-state index in [1.54, 1.807) is 0 Å². The van der Waals surface area contributed by atoms with Crippen LogP contribution >= 0.6 is 0 Å². The van der Waals surface area contributed by atoms with Gasteiger partial charge in [-0.05, 0) is 18.4 Å². The van der Waals surface area contributed by atoms with Gasteiger partial charge in [-0.1, -0.05) is 35.5 Å². The van der Waals surface area contributed by atoms with E-state index in [9.17, 15) is 4.79 Å². The summed E-state index contributed by atoms with van der Waals surface area (Å²) in [4.78, 5) is 19.1. The Morgan fingerprint density at radius 3 is 2.67 bits per heavy atom. The third-order valence-electron chi connectivity index (χ3n) is 3.76. The smallest absolute Gasteiger partial charge is 0.235 e. The van der Waals surface area contributed by atoms with Crippen molar-refractivity contribution in [1.82, 2.24) is 4.90 Å². The Morgan fingerprint density at radius 2 is 2.06 bits per heavy atom. The van der Waals surface area contributed by atoms with E-state index in [-0.39, 0.29) is 11.3 Å². The van der Waals surface area contributed by atoms with E-state index in [0.29, 0.717) is 13.1 Å². The molecule has 1 saturated heterocycles. The fraction of sp³-hybridized carbons (Fsp3) is 0.429. The average Bonchev–Trinajstić information content (AvgIpc) is 3.15. The van der Waals surface area contributed by atoms with Gasteiger partial charge in [-0.2, -0.15) is 0 Å². The first-order chi connectivity index (χ1) is 8.76. The lowest BCUT2D eigenvalue weighted by atomic mass is 10.0. The van der Waals surface area contributed by atoms with Crippen molar-refractivity contribution >= 4 is 11.6 Å². The van der Waals surface area contributed by atoms with Crippen LogP contribution in [-0.2, 0) is 16.2 Å². The van der Waals surface area contributed by atoms with Crippen LogP contribution in [0.25, 0.3) is 0 Å². The van der Waals surface area contributed by atoms with Gasteiger partial charge >= 0.3 is 0 Å². The van der Waals surface area contributed by atoms with Crippen molar-refractivity contribution in [3.63, 3.8) is 0 Å². The number of carbonyl (C=O) groups excluding carboxylic acids is 1. The van der Waals surface area contributed by atoms with E-state index in [0.717, 1.165) is 24.1 Å². The quantitative estimate of drug-likeness (QED) is 0.761. The zero-order valence-corrected chi connectivity index (χ0v) is 10.4. The summed E-state index contributed by atoms with van der Waals surface area (Å²) in [7, 11) is 1.54. The fourth-order valence-electron chi connectivity index (χ4n) is 2.62. The molecule has 1 aromatic rings. The molecule has 1 saturated carbocycles. The first-order valence-corrected chi connectivity index (χ1v) is 6.20. The van der Waals surface area contributed by atoms with Crippen LogP contribution in [0.3, 0.4) is 0 Å². The first kappa shape index (κ1) is 11.3. The van der Waals surface area contributed by atoms with Crippen molar-refractivity contribution in [2.24, 2.45) is 10.6 Å². The Labute approximate surface area is 106 Å². The number of oxime groups is 1. The van der Waals surface area contributed by atoms with E-state index >= 15 is 0 Å². The number of hydrogen-bond acceptors (Lipinski definition) is 3. The lowest BCUT2D eigenvalue weighted by Gasteiger charge is -2.15. The summed E-state index contributed by atoms with van der Waals surface area (Å²) < 4.78 is 0. The molecular weight excluding hydrogens is 228 g/mol. The summed E-state index contributed by atoms with van der Waals surface area (Å²) in [6.07, 6.45) is 1.83. The van der Waals surface area contributed by atoms with Gasteiger partial charge in [0.2, 0.25) is 5.91 Å². The molecule has 2 fully saturated rings. The number of nitrogens with zero attached hydrogens (tertiary/aromatic N) is 2. The summed E-state index contributed by atoms with van der Waals surface area (Å²) in [5, 5.41) is 4.04. The Morgan fingerprint density at radius 1 is 1.33 bits per heavy atom. The van der Waals surface area contributed by atoms with Gasteiger partial charge < -0.3 is 9.74 Å². The molecule has 1 heterocycles. The Kier molecular flexibility index (Phi) is 2.58. The summed E-state index contributed by atoms with van der Waals surface area (Å²) in [6.45, 7) is 1.26. The highest BCUT2D eigenvalue weighted by molar-refractivity contribution is 6.17. The predicted octanol–water partition coefficient (Wildman–Crippen LogP) is 1.81. The van der Waals surface area contributed by atoms with Gasteiger partial charge in [-0.15, -0.1) is 0 Å². The lowest BCUT2D eigenvalue weighted by Crippen LogP contribution is -2.27. The second kappa shape index (κ2) is 4.12. The summed E-state index contributed by atoms with van der Waals surface area (Å²) in [5.74, 6) is 0.210. The molecule has 1 aliphatic carbocycles.